The van der Waals surface area contributed by atoms with Gasteiger partial charge in [-0.05, 0) is 25.7 Å². The second-order valence-electron chi connectivity index (χ2n) is 6.10. The van der Waals surface area contributed by atoms with Crippen molar-refractivity contribution in [2.75, 3.05) is 26.4 Å². The Bertz CT molecular complexity index is 263. The van der Waals surface area contributed by atoms with Gasteiger partial charge in [0, 0.05) is 11.8 Å². The van der Waals surface area contributed by atoms with E-state index in [1.165, 1.54) is 0 Å². The predicted molar refractivity (Wildman–Crippen MR) is 77.4 cm³/mol. The Balaban J connectivity index is 1.87. The first kappa shape index (κ1) is 16.2. The Hall–Kier alpha value is -0.160. The van der Waals surface area contributed by atoms with E-state index in [-0.39, 0.29) is 11.6 Å². The second-order valence-corrected chi connectivity index (χ2v) is 6.10. The minimum atomic E-state index is -0.365. The van der Waals surface area contributed by atoms with Crippen molar-refractivity contribution < 1.29 is 18.9 Å². The summed E-state index contributed by atoms with van der Waals surface area (Å²) >= 11 is 0. The molecule has 2 rings (SSSR count). The summed E-state index contributed by atoms with van der Waals surface area (Å²) in [4.78, 5) is 0. The fourth-order valence-electron chi connectivity index (χ4n) is 3.56. The lowest BCUT2D eigenvalue weighted by Crippen LogP contribution is -2.40. The van der Waals surface area contributed by atoms with Gasteiger partial charge in [-0.25, -0.2) is 0 Å². The van der Waals surface area contributed by atoms with Crippen molar-refractivity contribution in [2.45, 2.75) is 65.0 Å². The van der Waals surface area contributed by atoms with Gasteiger partial charge in [0.15, 0.2) is 11.6 Å². The lowest BCUT2D eigenvalue weighted by atomic mass is 9.86. The Morgan fingerprint density at radius 1 is 0.700 bits per heavy atom. The summed E-state index contributed by atoms with van der Waals surface area (Å²) in [6, 6.07) is 0. The van der Waals surface area contributed by atoms with E-state index in [0.29, 0.717) is 11.8 Å². The predicted octanol–water partition coefficient (Wildman–Crippen LogP) is 3.35. The molecular weight excluding hydrogens is 256 g/mol. The van der Waals surface area contributed by atoms with E-state index in [2.05, 4.69) is 27.7 Å². The zero-order valence-corrected chi connectivity index (χ0v) is 13.4. The Labute approximate surface area is 123 Å². The van der Waals surface area contributed by atoms with Crippen LogP contribution in [0.4, 0.5) is 0 Å². The van der Waals surface area contributed by atoms with Crippen LogP contribution in [-0.2, 0) is 18.9 Å². The third-order valence-electron chi connectivity index (χ3n) is 5.07. The molecule has 2 aliphatic heterocycles. The van der Waals surface area contributed by atoms with E-state index >= 15 is 0 Å². The standard InChI is InChI=1S/C16H30O4/c1-5-15(17-9-10-18-15)13(3)7-8-14(4)16(6-2)19-11-12-20-16/h13-14H,5-12H2,1-4H3. The minimum Gasteiger partial charge on any atom is -0.347 e. The van der Waals surface area contributed by atoms with Gasteiger partial charge in [-0.15, -0.1) is 0 Å². The third kappa shape index (κ3) is 3.03. The molecule has 2 unspecified atom stereocenters. The lowest BCUT2D eigenvalue weighted by Gasteiger charge is -2.36. The number of hydrogen-bond acceptors (Lipinski definition) is 4. The first-order chi connectivity index (χ1) is 9.58. The number of hydrogen-bond donors (Lipinski definition) is 0. The van der Waals surface area contributed by atoms with Crippen LogP contribution in [0.15, 0.2) is 0 Å². The number of ether oxygens (including phenoxy) is 4. The maximum atomic E-state index is 5.88. The van der Waals surface area contributed by atoms with Crippen LogP contribution in [-0.4, -0.2) is 38.0 Å². The van der Waals surface area contributed by atoms with Crippen LogP contribution in [0.3, 0.4) is 0 Å². The van der Waals surface area contributed by atoms with Gasteiger partial charge in [-0.2, -0.15) is 0 Å². The SMILES string of the molecule is CCC1(C(C)CCC(C)C2(CC)OCCO2)OCCO1. The lowest BCUT2D eigenvalue weighted by molar-refractivity contribution is -0.208. The molecule has 0 bridgehead atoms. The van der Waals surface area contributed by atoms with Crippen molar-refractivity contribution in [1.29, 1.82) is 0 Å². The third-order valence-corrected chi connectivity index (χ3v) is 5.07. The van der Waals surface area contributed by atoms with Crippen LogP contribution < -0.4 is 0 Å². The summed E-state index contributed by atoms with van der Waals surface area (Å²) in [5.41, 5.74) is 0. The van der Waals surface area contributed by atoms with Crippen molar-refractivity contribution in [2.24, 2.45) is 11.8 Å². The van der Waals surface area contributed by atoms with E-state index in [4.69, 9.17) is 18.9 Å². The molecule has 4 nitrogen and oxygen atoms in total. The second kappa shape index (κ2) is 6.73. The zero-order chi connectivity index (χ0) is 14.6. The maximum absolute atomic E-state index is 5.88. The largest absolute Gasteiger partial charge is 0.347 e. The van der Waals surface area contributed by atoms with Crippen molar-refractivity contribution in [3.05, 3.63) is 0 Å². The van der Waals surface area contributed by atoms with Gasteiger partial charge in [0.05, 0.1) is 26.4 Å². The molecule has 2 heterocycles. The van der Waals surface area contributed by atoms with Gasteiger partial charge in [0.2, 0.25) is 0 Å². The topological polar surface area (TPSA) is 36.9 Å². The van der Waals surface area contributed by atoms with E-state index in [1.54, 1.807) is 0 Å². The number of rotatable bonds is 7. The van der Waals surface area contributed by atoms with Gasteiger partial charge >= 0.3 is 0 Å². The highest BCUT2D eigenvalue weighted by molar-refractivity contribution is 4.83. The maximum Gasteiger partial charge on any atom is 0.170 e. The zero-order valence-electron chi connectivity index (χ0n) is 13.4. The molecule has 0 saturated carbocycles. The molecule has 2 atom stereocenters. The summed E-state index contributed by atoms with van der Waals surface area (Å²) in [6.45, 7) is 11.6. The Morgan fingerprint density at radius 3 is 1.25 bits per heavy atom. The molecule has 4 heteroatoms. The molecule has 0 radical (unpaired) electrons. The van der Waals surface area contributed by atoms with Crippen LogP contribution in [0.2, 0.25) is 0 Å². The molecule has 2 aliphatic rings. The van der Waals surface area contributed by atoms with Crippen molar-refractivity contribution in [3.8, 4) is 0 Å². The highest BCUT2D eigenvalue weighted by Gasteiger charge is 2.43. The molecule has 0 amide bonds. The average Bonchev–Trinajstić information content (AvgIpc) is 3.14. The first-order valence-corrected chi connectivity index (χ1v) is 8.14. The van der Waals surface area contributed by atoms with Gasteiger partial charge < -0.3 is 18.9 Å². The van der Waals surface area contributed by atoms with Crippen LogP contribution >= 0.6 is 0 Å². The summed E-state index contributed by atoms with van der Waals surface area (Å²) in [5.74, 6) is 0.0630. The van der Waals surface area contributed by atoms with E-state index < -0.39 is 0 Å². The average molecular weight is 286 g/mol. The fraction of sp³-hybridized carbons (Fsp3) is 1.00. The Kier molecular flexibility index (Phi) is 5.46. The monoisotopic (exact) mass is 286 g/mol. The molecule has 0 aliphatic carbocycles. The highest BCUT2D eigenvalue weighted by Crippen LogP contribution is 2.38. The van der Waals surface area contributed by atoms with Crippen molar-refractivity contribution in [3.63, 3.8) is 0 Å². The quantitative estimate of drug-likeness (QED) is 0.719. The highest BCUT2D eigenvalue weighted by atomic mass is 16.7. The summed E-state index contributed by atoms with van der Waals surface area (Å²) in [6.07, 6.45) is 3.97. The smallest absolute Gasteiger partial charge is 0.170 e. The molecule has 0 aromatic rings. The molecule has 118 valence electrons. The van der Waals surface area contributed by atoms with Crippen molar-refractivity contribution in [1.82, 2.24) is 0 Å². The van der Waals surface area contributed by atoms with E-state index in [9.17, 15) is 0 Å². The molecule has 2 fully saturated rings. The van der Waals surface area contributed by atoms with E-state index in [0.717, 1.165) is 52.1 Å². The molecule has 2 saturated heterocycles. The molecule has 0 aromatic heterocycles. The van der Waals surface area contributed by atoms with Crippen LogP contribution in [0.1, 0.15) is 53.4 Å². The summed E-state index contributed by atoms with van der Waals surface area (Å²) in [7, 11) is 0. The summed E-state index contributed by atoms with van der Waals surface area (Å²) < 4.78 is 23.5. The molecule has 0 aromatic carbocycles. The molecule has 0 N–H and O–H groups in total. The molecular formula is C16H30O4. The first-order valence-electron chi connectivity index (χ1n) is 8.14. The summed E-state index contributed by atoms with van der Waals surface area (Å²) in [5, 5.41) is 0. The molecule has 0 spiro atoms. The van der Waals surface area contributed by atoms with Crippen LogP contribution in [0, 0.1) is 11.8 Å². The Morgan fingerprint density at radius 2 is 1.00 bits per heavy atom. The van der Waals surface area contributed by atoms with Crippen LogP contribution in [0.25, 0.3) is 0 Å². The normalized spacial score (nSPS) is 27.6. The van der Waals surface area contributed by atoms with Crippen molar-refractivity contribution >= 4 is 0 Å². The molecule has 20 heavy (non-hydrogen) atoms. The van der Waals surface area contributed by atoms with Gasteiger partial charge in [0.1, 0.15) is 0 Å². The van der Waals surface area contributed by atoms with E-state index in [1.807, 2.05) is 0 Å². The minimum absolute atomic E-state index is 0.365. The fourth-order valence-corrected chi connectivity index (χ4v) is 3.56. The van der Waals surface area contributed by atoms with Crippen LogP contribution in [0.5, 0.6) is 0 Å². The van der Waals surface area contributed by atoms with Gasteiger partial charge in [-0.3, -0.25) is 0 Å². The van der Waals surface area contributed by atoms with Gasteiger partial charge in [-0.1, -0.05) is 27.7 Å². The van der Waals surface area contributed by atoms with Gasteiger partial charge in [0.25, 0.3) is 0 Å².